The summed E-state index contributed by atoms with van der Waals surface area (Å²) in [4.78, 5) is 13.5. The third-order valence-electron chi connectivity index (χ3n) is 2.68. The first kappa shape index (κ1) is 11.0. The van der Waals surface area contributed by atoms with Crippen LogP contribution in [0.1, 0.15) is 24.2 Å². The van der Waals surface area contributed by atoms with E-state index in [4.69, 9.17) is 16.3 Å². The number of ether oxygens (including phenoxy) is 1. The van der Waals surface area contributed by atoms with E-state index in [-0.39, 0.29) is 6.10 Å². The highest BCUT2D eigenvalue weighted by molar-refractivity contribution is 6.31. The molecule has 1 aromatic carbocycles. The lowest BCUT2D eigenvalue weighted by Crippen LogP contribution is -1.96. The molecular weight excluding hydrogens is 226 g/mol. The Hall–Kier alpha value is -1.48. The average molecular weight is 238 g/mol. The minimum Gasteiger partial charge on any atom is -0.460 e. The molecule has 1 N–H and O–H groups in total. The predicted molar refractivity (Wildman–Crippen MR) is 63.6 cm³/mol. The van der Waals surface area contributed by atoms with Crippen molar-refractivity contribution in [3.8, 4) is 0 Å². The van der Waals surface area contributed by atoms with Gasteiger partial charge in [0.05, 0.1) is 0 Å². The van der Waals surface area contributed by atoms with Crippen molar-refractivity contribution >= 4 is 29.0 Å². The number of aromatic nitrogens is 1. The average Bonchev–Trinajstić information content (AvgIpc) is 2.61. The summed E-state index contributed by atoms with van der Waals surface area (Å²) in [5, 5.41) is 1.68. The molecule has 0 radical (unpaired) electrons. The van der Waals surface area contributed by atoms with Gasteiger partial charge in [0.1, 0.15) is 6.10 Å². The van der Waals surface area contributed by atoms with E-state index in [0.29, 0.717) is 11.5 Å². The summed E-state index contributed by atoms with van der Waals surface area (Å²) >= 11 is 6.01. The zero-order chi connectivity index (χ0) is 11.7. The summed E-state index contributed by atoms with van der Waals surface area (Å²) in [6.07, 6.45) is 1.58. The van der Waals surface area contributed by atoms with Crippen molar-refractivity contribution in [2.45, 2.75) is 20.0 Å². The van der Waals surface area contributed by atoms with E-state index in [2.05, 4.69) is 4.98 Å². The van der Waals surface area contributed by atoms with E-state index in [0.717, 1.165) is 22.0 Å². The number of nitrogens with one attached hydrogen (secondary N) is 1. The van der Waals surface area contributed by atoms with Crippen molar-refractivity contribution in [2.75, 3.05) is 0 Å². The molecular formula is C12H12ClNO2. The second kappa shape index (κ2) is 4.18. The van der Waals surface area contributed by atoms with Crippen molar-refractivity contribution in [3.05, 3.63) is 34.5 Å². The van der Waals surface area contributed by atoms with Crippen molar-refractivity contribution in [1.29, 1.82) is 0 Å². The van der Waals surface area contributed by atoms with Crippen LogP contribution in [0.4, 0.5) is 0 Å². The number of rotatable bonds is 3. The summed E-state index contributed by atoms with van der Waals surface area (Å²) in [6, 6.07) is 3.77. The molecule has 0 aliphatic rings. The van der Waals surface area contributed by atoms with Crippen molar-refractivity contribution in [2.24, 2.45) is 0 Å². The minimum atomic E-state index is -0.274. The van der Waals surface area contributed by atoms with Crippen LogP contribution in [-0.2, 0) is 9.53 Å². The molecule has 0 aliphatic heterocycles. The number of H-pyrrole nitrogens is 1. The van der Waals surface area contributed by atoms with Crippen LogP contribution in [0.2, 0.25) is 5.02 Å². The Morgan fingerprint density at radius 1 is 1.50 bits per heavy atom. The largest absolute Gasteiger partial charge is 0.460 e. The molecule has 1 atom stereocenters. The molecule has 0 saturated carbocycles. The van der Waals surface area contributed by atoms with Crippen LogP contribution in [0.5, 0.6) is 0 Å². The Bertz CT molecular complexity index is 533. The van der Waals surface area contributed by atoms with E-state index >= 15 is 0 Å². The number of benzene rings is 1. The van der Waals surface area contributed by atoms with Crippen molar-refractivity contribution < 1.29 is 9.53 Å². The molecule has 0 bridgehead atoms. The molecule has 1 aromatic heterocycles. The van der Waals surface area contributed by atoms with Crippen LogP contribution in [0, 0.1) is 6.92 Å². The summed E-state index contributed by atoms with van der Waals surface area (Å²) in [5.74, 6) is 0. The molecule has 0 spiro atoms. The highest BCUT2D eigenvalue weighted by atomic mass is 35.5. The molecule has 16 heavy (non-hydrogen) atoms. The van der Waals surface area contributed by atoms with Gasteiger partial charge in [0.2, 0.25) is 0 Å². The number of carbonyl (C=O) groups is 1. The summed E-state index contributed by atoms with van der Waals surface area (Å²) in [5.41, 5.74) is 3.04. The number of aromatic amines is 1. The number of hydrogen-bond acceptors (Lipinski definition) is 2. The van der Waals surface area contributed by atoms with Crippen LogP contribution >= 0.6 is 11.6 Å². The van der Waals surface area contributed by atoms with Crippen LogP contribution in [-0.4, -0.2) is 11.5 Å². The normalized spacial score (nSPS) is 12.7. The van der Waals surface area contributed by atoms with Gasteiger partial charge in [-0.1, -0.05) is 11.6 Å². The third-order valence-corrected chi connectivity index (χ3v) is 2.90. The van der Waals surface area contributed by atoms with E-state index in [1.807, 2.05) is 32.2 Å². The number of halogens is 1. The number of hydrogen-bond donors (Lipinski definition) is 1. The number of carbonyl (C=O) groups excluding carboxylic acids is 1. The zero-order valence-corrected chi connectivity index (χ0v) is 9.84. The van der Waals surface area contributed by atoms with Gasteiger partial charge in [0, 0.05) is 27.7 Å². The highest BCUT2D eigenvalue weighted by Gasteiger charge is 2.13. The van der Waals surface area contributed by atoms with Gasteiger partial charge in [-0.05, 0) is 31.5 Å². The first-order valence-electron chi connectivity index (χ1n) is 4.99. The van der Waals surface area contributed by atoms with Crippen molar-refractivity contribution in [3.63, 3.8) is 0 Å². The maximum atomic E-state index is 10.3. The summed E-state index contributed by atoms with van der Waals surface area (Å²) in [6.45, 7) is 4.27. The Morgan fingerprint density at radius 3 is 2.94 bits per heavy atom. The molecule has 2 rings (SSSR count). The van der Waals surface area contributed by atoms with Gasteiger partial charge in [-0.2, -0.15) is 0 Å². The lowest BCUT2D eigenvalue weighted by atomic mass is 10.1. The molecule has 1 unspecified atom stereocenters. The summed E-state index contributed by atoms with van der Waals surface area (Å²) in [7, 11) is 0. The molecule has 0 aliphatic carbocycles. The lowest BCUT2D eigenvalue weighted by Gasteiger charge is -2.08. The Labute approximate surface area is 98.4 Å². The second-order valence-electron chi connectivity index (χ2n) is 3.76. The van der Waals surface area contributed by atoms with E-state index in [9.17, 15) is 4.79 Å². The molecule has 3 nitrogen and oxygen atoms in total. The van der Waals surface area contributed by atoms with Crippen LogP contribution in [0.15, 0.2) is 18.3 Å². The third kappa shape index (κ3) is 1.78. The second-order valence-corrected chi connectivity index (χ2v) is 4.20. The van der Waals surface area contributed by atoms with Crippen LogP contribution in [0.3, 0.4) is 0 Å². The van der Waals surface area contributed by atoms with E-state index in [1.54, 1.807) is 0 Å². The smallest absolute Gasteiger partial charge is 0.293 e. The van der Waals surface area contributed by atoms with Gasteiger partial charge in [-0.3, -0.25) is 4.79 Å². The monoisotopic (exact) mass is 237 g/mol. The van der Waals surface area contributed by atoms with E-state index in [1.165, 1.54) is 0 Å². The minimum absolute atomic E-state index is 0.274. The topological polar surface area (TPSA) is 42.1 Å². The lowest BCUT2D eigenvalue weighted by molar-refractivity contribution is -0.133. The maximum absolute atomic E-state index is 10.3. The highest BCUT2D eigenvalue weighted by Crippen LogP contribution is 2.30. The number of aryl methyl sites for hydroxylation is 1. The van der Waals surface area contributed by atoms with Gasteiger partial charge in [0.15, 0.2) is 0 Å². The standard InChI is InChI=1S/C12H12ClNO2/c1-7-3-9(13)4-10-11(5-14-12(7)10)8(2)16-6-15/h3-6,8,14H,1-2H3. The van der Waals surface area contributed by atoms with Gasteiger partial charge < -0.3 is 9.72 Å². The predicted octanol–water partition coefficient (Wildman–Crippen LogP) is 3.36. The molecule has 0 fully saturated rings. The Kier molecular flexibility index (Phi) is 2.88. The quantitative estimate of drug-likeness (QED) is 0.832. The Morgan fingerprint density at radius 2 is 2.25 bits per heavy atom. The molecule has 84 valence electrons. The fraction of sp³-hybridized carbons (Fsp3) is 0.250. The van der Waals surface area contributed by atoms with Crippen LogP contribution < -0.4 is 0 Å². The Balaban J connectivity index is 2.59. The fourth-order valence-electron chi connectivity index (χ4n) is 1.88. The van der Waals surface area contributed by atoms with Crippen molar-refractivity contribution in [1.82, 2.24) is 4.98 Å². The first-order valence-corrected chi connectivity index (χ1v) is 5.37. The molecule has 1 heterocycles. The van der Waals surface area contributed by atoms with Gasteiger partial charge in [-0.15, -0.1) is 0 Å². The fourth-order valence-corrected chi connectivity index (χ4v) is 2.16. The molecule has 4 heteroatoms. The first-order chi connectivity index (χ1) is 7.63. The van der Waals surface area contributed by atoms with Crippen LogP contribution in [0.25, 0.3) is 10.9 Å². The molecule has 2 aromatic rings. The van der Waals surface area contributed by atoms with Gasteiger partial charge >= 0.3 is 0 Å². The molecule has 0 amide bonds. The SMILES string of the molecule is Cc1cc(Cl)cc2c(C(C)OC=O)c[nH]c12. The maximum Gasteiger partial charge on any atom is 0.293 e. The van der Waals surface area contributed by atoms with E-state index < -0.39 is 0 Å². The summed E-state index contributed by atoms with van der Waals surface area (Å²) < 4.78 is 4.93. The zero-order valence-electron chi connectivity index (χ0n) is 9.08. The number of fused-ring (bicyclic) bond motifs is 1. The van der Waals surface area contributed by atoms with Gasteiger partial charge in [-0.25, -0.2) is 0 Å². The molecule has 0 saturated heterocycles. The van der Waals surface area contributed by atoms with Gasteiger partial charge in [0.25, 0.3) is 6.47 Å².